The average molecular weight is 357 g/mol. The Balaban J connectivity index is 1.64. The van der Waals surface area contributed by atoms with Crippen LogP contribution in [-0.4, -0.2) is 25.9 Å². The number of aryl methyl sites for hydroxylation is 1. The second-order valence-electron chi connectivity index (χ2n) is 5.74. The predicted octanol–water partition coefficient (Wildman–Crippen LogP) is 3.35. The Morgan fingerprint density at radius 1 is 1.29 bits per heavy atom. The van der Waals surface area contributed by atoms with Gasteiger partial charge in [-0.3, -0.25) is 14.9 Å². The standard InChI is InChI=1S/C17H15N3O2S2/c1-10-18-12(9-23-10)8-20-6-5-13-11(3-2-4-14(13)20)7-15-16(21)19-17(22)24-15/h2-6,9,15H,7-8H2,1H3,(H,19,21,22). The number of benzene rings is 1. The number of imide groups is 1. The molecule has 3 aromatic rings. The minimum atomic E-state index is -0.340. The summed E-state index contributed by atoms with van der Waals surface area (Å²) in [6.07, 6.45) is 2.61. The van der Waals surface area contributed by atoms with Gasteiger partial charge in [-0.25, -0.2) is 4.98 Å². The fraction of sp³-hybridized carbons (Fsp3) is 0.235. The van der Waals surface area contributed by atoms with Crippen molar-refractivity contribution in [2.45, 2.75) is 25.1 Å². The molecule has 1 atom stereocenters. The number of rotatable bonds is 4. The first-order valence-electron chi connectivity index (χ1n) is 7.59. The molecule has 1 aliphatic heterocycles. The molecule has 7 heteroatoms. The fourth-order valence-electron chi connectivity index (χ4n) is 2.99. The maximum Gasteiger partial charge on any atom is 0.286 e. The third-order valence-corrected chi connectivity index (χ3v) is 5.88. The number of carbonyl (C=O) groups excluding carboxylic acids is 2. The number of thiazole rings is 1. The molecule has 0 radical (unpaired) electrons. The first-order valence-corrected chi connectivity index (χ1v) is 9.35. The number of hydrogen-bond acceptors (Lipinski definition) is 5. The molecule has 2 amide bonds. The van der Waals surface area contributed by atoms with Crippen LogP contribution in [0.1, 0.15) is 16.3 Å². The zero-order valence-electron chi connectivity index (χ0n) is 13.0. The first-order chi connectivity index (χ1) is 11.6. The van der Waals surface area contributed by atoms with Crippen LogP contribution < -0.4 is 5.32 Å². The van der Waals surface area contributed by atoms with Gasteiger partial charge in [0.05, 0.1) is 22.5 Å². The molecule has 1 aliphatic rings. The van der Waals surface area contributed by atoms with Crippen LogP contribution in [0, 0.1) is 6.92 Å². The van der Waals surface area contributed by atoms with Crippen LogP contribution in [0.2, 0.25) is 0 Å². The van der Waals surface area contributed by atoms with Crippen LogP contribution in [0.15, 0.2) is 35.8 Å². The largest absolute Gasteiger partial charge is 0.341 e. The summed E-state index contributed by atoms with van der Waals surface area (Å²) in [5.74, 6) is -0.195. The van der Waals surface area contributed by atoms with Gasteiger partial charge in [0.15, 0.2) is 0 Å². The molecule has 2 aromatic heterocycles. The second-order valence-corrected chi connectivity index (χ2v) is 7.98. The topological polar surface area (TPSA) is 64.0 Å². The number of nitrogens with one attached hydrogen (secondary N) is 1. The van der Waals surface area contributed by atoms with Crippen LogP contribution in [-0.2, 0) is 17.8 Å². The number of nitrogens with zero attached hydrogens (tertiary/aromatic N) is 2. The minimum absolute atomic E-state index is 0.195. The van der Waals surface area contributed by atoms with Gasteiger partial charge >= 0.3 is 0 Å². The molecule has 122 valence electrons. The third-order valence-electron chi connectivity index (χ3n) is 4.08. The Labute approximate surface area is 147 Å². The molecule has 1 N–H and O–H groups in total. The molecule has 3 heterocycles. The number of fused-ring (bicyclic) bond motifs is 1. The average Bonchev–Trinajstić information content (AvgIpc) is 3.22. The summed E-state index contributed by atoms with van der Waals surface area (Å²) in [6, 6.07) is 8.17. The lowest BCUT2D eigenvalue weighted by Crippen LogP contribution is -2.25. The fourth-order valence-corrected chi connectivity index (χ4v) is 4.44. The van der Waals surface area contributed by atoms with E-state index >= 15 is 0 Å². The van der Waals surface area contributed by atoms with Gasteiger partial charge in [0.2, 0.25) is 5.91 Å². The quantitative estimate of drug-likeness (QED) is 0.778. The van der Waals surface area contributed by atoms with Crippen molar-refractivity contribution in [1.29, 1.82) is 0 Å². The van der Waals surface area contributed by atoms with Gasteiger partial charge in [0.1, 0.15) is 0 Å². The third kappa shape index (κ3) is 2.85. The smallest absolute Gasteiger partial charge is 0.286 e. The molecular formula is C17H15N3O2S2. The Bertz CT molecular complexity index is 944. The lowest BCUT2D eigenvalue weighted by atomic mass is 10.0. The second kappa shape index (κ2) is 6.07. The van der Waals surface area contributed by atoms with E-state index in [1.54, 1.807) is 11.3 Å². The van der Waals surface area contributed by atoms with Crippen molar-refractivity contribution in [1.82, 2.24) is 14.9 Å². The molecule has 0 spiro atoms. The molecule has 4 rings (SSSR count). The summed E-state index contributed by atoms with van der Waals surface area (Å²) in [5.41, 5.74) is 3.26. The predicted molar refractivity (Wildman–Crippen MR) is 96.5 cm³/mol. The molecule has 1 aromatic carbocycles. The van der Waals surface area contributed by atoms with Crippen LogP contribution in [0.25, 0.3) is 10.9 Å². The molecule has 0 aliphatic carbocycles. The Morgan fingerprint density at radius 3 is 2.88 bits per heavy atom. The van der Waals surface area contributed by atoms with Gasteiger partial charge in [0.25, 0.3) is 5.24 Å². The van der Waals surface area contributed by atoms with Crippen molar-refractivity contribution >= 4 is 45.1 Å². The zero-order chi connectivity index (χ0) is 16.7. The van der Waals surface area contributed by atoms with E-state index in [9.17, 15) is 9.59 Å². The Morgan fingerprint density at radius 2 is 2.17 bits per heavy atom. The van der Waals surface area contributed by atoms with Crippen molar-refractivity contribution in [3.63, 3.8) is 0 Å². The van der Waals surface area contributed by atoms with Gasteiger partial charge < -0.3 is 4.57 Å². The van der Waals surface area contributed by atoms with Crippen molar-refractivity contribution < 1.29 is 9.59 Å². The summed E-state index contributed by atoms with van der Waals surface area (Å²) in [7, 11) is 0. The van der Waals surface area contributed by atoms with Gasteiger partial charge in [-0.2, -0.15) is 0 Å². The summed E-state index contributed by atoms with van der Waals surface area (Å²) in [6.45, 7) is 2.74. The summed E-state index contributed by atoms with van der Waals surface area (Å²) >= 11 is 2.73. The van der Waals surface area contributed by atoms with E-state index in [0.717, 1.165) is 45.5 Å². The van der Waals surface area contributed by atoms with Gasteiger partial charge in [-0.05, 0) is 31.0 Å². The number of amides is 2. The zero-order valence-corrected chi connectivity index (χ0v) is 14.6. The van der Waals surface area contributed by atoms with Crippen molar-refractivity contribution in [2.75, 3.05) is 0 Å². The molecule has 1 unspecified atom stereocenters. The van der Waals surface area contributed by atoms with Crippen LogP contribution >= 0.6 is 23.1 Å². The number of thioether (sulfide) groups is 1. The van der Waals surface area contributed by atoms with E-state index in [2.05, 4.69) is 38.6 Å². The Kier molecular flexibility index (Phi) is 3.90. The van der Waals surface area contributed by atoms with Gasteiger partial charge in [-0.1, -0.05) is 23.9 Å². The lowest BCUT2D eigenvalue weighted by molar-refractivity contribution is -0.118. The maximum absolute atomic E-state index is 11.8. The Hall–Kier alpha value is -2.12. The van der Waals surface area contributed by atoms with Gasteiger partial charge in [-0.15, -0.1) is 11.3 Å². The molecular weight excluding hydrogens is 342 g/mol. The van der Waals surface area contributed by atoms with Crippen LogP contribution in [0.5, 0.6) is 0 Å². The first kappa shape index (κ1) is 15.4. The molecule has 24 heavy (non-hydrogen) atoms. The highest BCUT2D eigenvalue weighted by Gasteiger charge is 2.31. The van der Waals surface area contributed by atoms with E-state index < -0.39 is 0 Å². The SMILES string of the molecule is Cc1nc(Cn2ccc3c(CC4SC(=O)NC4=O)cccc32)cs1. The van der Waals surface area contributed by atoms with Crippen LogP contribution in [0.4, 0.5) is 4.79 Å². The monoisotopic (exact) mass is 357 g/mol. The van der Waals surface area contributed by atoms with Crippen molar-refractivity contribution in [3.05, 3.63) is 52.1 Å². The maximum atomic E-state index is 11.8. The van der Waals surface area contributed by atoms with Crippen molar-refractivity contribution in [3.8, 4) is 0 Å². The minimum Gasteiger partial charge on any atom is -0.341 e. The highest BCUT2D eigenvalue weighted by atomic mass is 32.2. The van der Waals surface area contributed by atoms with E-state index in [1.807, 2.05) is 19.1 Å². The number of hydrogen-bond donors (Lipinski definition) is 1. The number of aromatic nitrogens is 2. The highest BCUT2D eigenvalue weighted by Crippen LogP contribution is 2.28. The summed E-state index contributed by atoms with van der Waals surface area (Å²) < 4.78 is 2.17. The highest BCUT2D eigenvalue weighted by molar-refractivity contribution is 8.15. The number of carbonyl (C=O) groups is 2. The molecule has 0 saturated carbocycles. The molecule has 1 saturated heterocycles. The van der Waals surface area contributed by atoms with E-state index in [4.69, 9.17) is 0 Å². The molecule has 5 nitrogen and oxygen atoms in total. The summed E-state index contributed by atoms with van der Waals surface area (Å²) in [4.78, 5) is 27.7. The molecule has 1 fully saturated rings. The van der Waals surface area contributed by atoms with E-state index in [-0.39, 0.29) is 16.4 Å². The lowest BCUT2D eigenvalue weighted by Gasteiger charge is -2.08. The molecule has 0 bridgehead atoms. The van der Waals surface area contributed by atoms with Gasteiger partial charge in [0, 0.05) is 22.5 Å². The van der Waals surface area contributed by atoms with Crippen LogP contribution in [0.3, 0.4) is 0 Å². The van der Waals surface area contributed by atoms with E-state index in [0.29, 0.717) is 6.42 Å². The summed E-state index contributed by atoms with van der Waals surface area (Å²) in [5, 5.41) is 6.02. The van der Waals surface area contributed by atoms with Crippen molar-refractivity contribution in [2.24, 2.45) is 0 Å². The van der Waals surface area contributed by atoms with E-state index in [1.165, 1.54) is 0 Å². The normalized spacial score (nSPS) is 17.6.